The average molecular weight is 563 g/mol. The van der Waals surface area contributed by atoms with Crippen LogP contribution in [-0.4, -0.2) is 54.6 Å². The molecule has 1 unspecified atom stereocenters. The van der Waals surface area contributed by atoms with Gasteiger partial charge in [-0.05, 0) is 104 Å². The van der Waals surface area contributed by atoms with E-state index >= 15 is 0 Å². The summed E-state index contributed by atoms with van der Waals surface area (Å²) in [5.41, 5.74) is 7.20. The number of aromatic nitrogens is 1. The molecule has 0 radical (unpaired) electrons. The number of amides is 2. The summed E-state index contributed by atoms with van der Waals surface area (Å²) in [4.78, 5) is 31.6. The van der Waals surface area contributed by atoms with Gasteiger partial charge in [0.1, 0.15) is 11.4 Å². The van der Waals surface area contributed by atoms with Crippen molar-refractivity contribution in [3.63, 3.8) is 0 Å². The normalized spacial score (nSPS) is 16.5. The van der Waals surface area contributed by atoms with Crippen LogP contribution in [0.1, 0.15) is 56.9 Å². The van der Waals surface area contributed by atoms with Crippen LogP contribution < -0.4 is 15.0 Å². The first kappa shape index (κ1) is 27.8. The van der Waals surface area contributed by atoms with Crippen molar-refractivity contribution in [2.24, 2.45) is 0 Å². The number of hydrogen-bond donors (Lipinski definition) is 1. The molecule has 2 aliphatic heterocycles. The van der Waals surface area contributed by atoms with Gasteiger partial charge in [0.15, 0.2) is 0 Å². The lowest BCUT2D eigenvalue weighted by Crippen LogP contribution is -2.33. The maximum absolute atomic E-state index is 14.1. The molecule has 3 heterocycles. The van der Waals surface area contributed by atoms with E-state index in [0.29, 0.717) is 36.9 Å². The lowest BCUT2D eigenvalue weighted by atomic mass is 9.97. The molecule has 4 aromatic rings. The van der Waals surface area contributed by atoms with Gasteiger partial charge in [-0.2, -0.15) is 0 Å². The molecule has 3 aromatic carbocycles. The number of para-hydroxylation sites is 1. The van der Waals surface area contributed by atoms with E-state index in [1.807, 2.05) is 90.7 Å². The number of benzene rings is 3. The summed E-state index contributed by atoms with van der Waals surface area (Å²) in [5.74, 6) is 0.665. The third-order valence-corrected chi connectivity index (χ3v) is 8.77. The summed E-state index contributed by atoms with van der Waals surface area (Å²) in [6.45, 7) is 4.73. The highest BCUT2D eigenvalue weighted by Gasteiger charge is 2.28. The quantitative estimate of drug-likeness (QED) is 0.305. The van der Waals surface area contributed by atoms with Crippen molar-refractivity contribution >= 4 is 17.5 Å². The minimum Gasteiger partial charge on any atom is -0.497 e. The highest BCUT2D eigenvalue weighted by Crippen LogP contribution is 2.32. The molecule has 0 saturated carbocycles. The van der Waals surface area contributed by atoms with E-state index in [1.54, 1.807) is 7.11 Å². The lowest BCUT2D eigenvalue weighted by molar-refractivity contribution is 0.0940. The second kappa shape index (κ2) is 11.9. The number of nitrogens with zero attached hydrogens (tertiary/aromatic N) is 3. The number of anilines is 1. The van der Waals surface area contributed by atoms with Crippen molar-refractivity contribution in [3.05, 3.63) is 107 Å². The fourth-order valence-electron chi connectivity index (χ4n) is 6.39. The molecule has 7 nitrogen and oxygen atoms in total. The number of hydrogen-bond acceptors (Lipinski definition) is 4. The molecule has 7 heteroatoms. The molecule has 0 spiro atoms. The van der Waals surface area contributed by atoms with Crippen molar-refractivity contribution in [1.82, 2.24) is 14.8 Å². The number of fused-ring (bicyclic) bond motifs is 2. The highest BCUT2D eigenvalue weighted by molar-refractivity contribution is 6.07. The number of rotatable bonds is 7. The molecule has 2 amide bonds. The second-order valence-electron chi connectivity index (χ2n) is 11.4. The standard InChI is InChI=1S/C35H38N4O3/c1-24-20-26(13-15-31(24)25-9-6-11-30(21-25)42-3)35(41)39-23-29-14-16-33(38(29)22-27-8-4-5-12-32(27)39)34(40)36-18-17-28-10-7-19-37(28)2/h4-6,8-9,11-16,20-21,28H,7,10,17-19,22-23H2,1-3H3,(H,36,40). The average Bonchev–Trinajstić information content (AvgIpc) is 3.56. The first-order valence-electron chi connectivity index (χ1n) is 14.7. The van der Waals surface area contributed by atoms with Crippen molar-refractivity contribution in [2.75, 3.05) is 32.1 Å². The van der Waals surface area contributed by atoms with E-state index in [4.69, 9.17) is 4.74 Å². The van der Waals surface area contributed by atoms with Gasteiger partial charge >= 0.3 is 0 Å². The zero-order valence-corrected chi connectivity index (χ0v) is 24.6. The number of nitrogens with one attached hydrogen (secondary N) is 1. The van der Waals surface area contributed by atoms with Gasteiger partial charge in [0.2, 0.25) is 0 Å². The third kappa shape index (κ3) is 5.44. The second-order valence-corrected chi connectivity index (χ2v) is 11.4. The molecule has 0 bridgehead atoms. The van der Waals surface area contributed by atoms with Gasteiger partial charge < -0.3 is 24.4 Å². The van der Waals surface area contributed by atoms with E-state index in [9.17, 15) is 9.59 Å². The van der Waals surface area contributed by atoms with Gasteiger partial charge in [0, 0.05) is 29.5 Å². The third-order valence-electron chi connectivity index (χ3n) is 8.77. The summed E-state index contributed by atoms with van der Waals surface area (Å²) in [7, 11) is 3.82. The zero-order chi connectivity index (χ0) is 29.2. The molecule has 2 aliphatic rings. The Balaban J connectivity index is 1.25. The Morgan fingerprint density at radius 1 is 0.976 bits per heavy atom. The Hall–Kier alpha value is -4.36. The lowest BCUT2D eigenvalue weighted by Gasteiger charge is -2.23. The molecule has 0 aliphatic carbocycles. The molecule has 1 aromatic heterocycles. The number of likely N-dealkylation sites (tertiary alicyclic amines) is 1. The van der Waals surface area contributed by atoms with Crippen molar-refractivity contribution < 1.29 is 14.3 Å². The number of aryl methyl sites for hydroxylation is 1. The van der Waals surface area contributed by atoms with Crippen LogP contribution in [0, 0.1) is 6.92 Å². The first-order valence-corrected chi connectivity index (χ1v) is 14.7. The van der Waals surface area contributed by atoms with E-state index in [0.717, 1.165) is 52.4 Å². The summed E-state index contributed by atoms with van der Waals surface area (Å²) in [5, 5.41) is 3.14. The fourth-order valence-corrected chi connectivity index (χ4v) is 6.39. The molecular weight excluding hydrogens is 524 g/mol. The summed E-state index contributed by atoms with van der Waals surface area (Å²) in [6.07, 6.45) is 3.37. The largest absolute Gasteiger partial charge is 0.497 e. The van der Waals surface area contributed by atoms with Crippen LogP contribution in [0.15, 0.2) is 78.9 Å². The van der Waals surface area contributed by atoms with Crippen LogP contribution in [0.3, 0.4) is 0 Å². The summed E-state index contributed by atoms with van der Waals surface area (Å²) in [6, 6.07) is 26.2. The minimum atomic E-state index is -0.0667. The van der Waals surface area contributed by atoms with Crippen molar-refractivity contribution in [2.45, 2.75) is 45.3 Å². The van der Waals surface area contributed by atoms with E-state index in [2.05, 4.69) is 21.8 Å². The van der Waals surface area contributed by atoms with Gasteiger partial charge in [0.25, 0.3) is 11.8 Å². The predicted molar refractivity (Wildman–Crippen MR) is 166 cm³/mol. The highest BCUT2D eigenvalue weighted by atomic mass is 16.5. The SMILES string of the molecule is COc1cccc(-c2ccc(C(=O)N3Cc4ccc(C(=O)NCCC5CCCN5C)n4Cc4ccccc43)cc2C)c1. The first-order chi connectivity index (χ1) is 20.4. The van der Waals surface area contributed by atoms with Crippen LogP contribution in [0.25, 0.3) is 11.1 Å². The van der Waals surface area contributed by atoms with Gasteiger partial charge in [-0.1, -0.05) is 36.4 Å². The fraction of sp³-hybridized carbons (Fsp3) is 0.314. The monoisotopic (exact) mass is 562 g/mol. The van der Waals surface area contributed by atoms with Crippen LogP contribution in [0.5, 0.6) is 5.75 Å². The molecular formula is C35H38N4O3. The molecule has 1 N–H and O–H groups in total. The molecule has 1 atom stereocenters. The Morgan fingerprint density at radius 3 is 2.62 bits per heavy atom. The summed E-state index contributed by atoms with van der Waals surface area (Å²) < 4.78 is 7.46. The predicted octanol–water partition coefficient (Wildman–Crippen LogP) is 5.89. The number of carbonyl (C=O) groups is 2. The number of ether oxygens (including phenoxy) is 1. The van der Waals surface area contributed by atoms with Crippen molar-refractivity contribution in [3.8, 4) is 16.9 Å². The Bertz CT molecular complexity index is 1620. The summed E-state index contributed by atoms with van der Waals surface area (Å²) >= 11 is 0. The van der Waals surface area contributed by atoms with Gasteiger partial charge in [-0.15, -0.1) is 0 Å². The Kier molecular flexibility index (Phi) is 7.85. The zero-order valence-electron chi connectivity index (χ0n) is 24.6. The van der Waals surface area contributed by atoms with Crippen LogP contribution in [0.2, 0.25) is 0 Å². The smallest absolute Gasteiger partial charge is 0.267 e. The molecule has 6 rings (SSSR count). The van der Waals surface area contributed by atoms with Crippen LogP contribution >= 0.6 is 0 Å². The number of carbonyl (C=O) groups excluding carboxylic acids is 2. The number of methoxy groups -OCH3 is 1. The van der Waals surface area contributed by atoms with Crippen LogP contribution in [0.4, 0.5) is 5.69 Å². The van der Waals surface area contributed by atoms with Gasteiger partial charge in [0.05, 0.1) is 20.2 Å². The minimum absolute atomic E-state index is 0.0657. The molecule has 1 saturated heterocycles. The Morgan fingerprint density at radius 2 is 1.83 bits per heavy atom. The van der Waals surface area contributed by atoms with Gasteiger partial charge in [-0.3, -0.25) is 9.59 Å². The van der Waals surface area contributed by atoms with E-state index in [1.165, 1.54) is 12.8 Å². The van der Waals surface area contributed by atoms with Crippen molar-refractivity contribution in [1.29, 1.82) is 0 Å². The maximum Gasteiger partial charge on any atom is 0.267 e. The Labute approximate surface area is 247 Å². The molecule has 42 heavy (non-hydrogen) atoms. The molecule has 1 fully saturated rings. The van der Waals surface area contributed by atoms with Crippen LogP contribution in [-0.2, 0) is 13.1 Å². The van der Waals surface area contributed by atoms with E-state index < -0.39 is 0 Å². The molecule has 216 valence electrons. The van der Waals surface area contributed by atoms with Gasteiger partial charge in [-0.25, -0.2) is 0 Å². The maximum atomic E-state index is 14.1. The topological polar surface area (TPSA) is 66.8 Å². The van der Waals surface area contributed by atoms with E-state index in [-0.39, 0.29) is 11.8 Å².